The molecule has 4 heteroatoms. The van der Waals surface area contributed by atoms with E-state index >= 15 is 0 Å². The number of benzene rings is 1. The number of thiophene rings is 1. The lowest BCUT2D eigenvalue weighted by Gasteiger charge is -1.99. The third-order valence-electron chi connectivity index (χ3n) is 2.36. The highest BCUT2D eigenvalue weighted by Gasteiger charge is 2.16. The van der Waals surface area contributed by atoms with Crippen molar-refractivity contribution in [1.29, 1.82) is 0 Å². The van der Waals surface area contributed by atoms with Crippen molar-refractivity contribution in [3.8, 4) is 0 Å². The second-order valence-electron chi connectivity index (χ2n) is 3.42. The SMILES string of the molecule is CCOC(=O)c1sc2cc(Br)ccc2c1C. The molecule has 0 aliphatic carbocycles. The van der Waals surface area contributed by atoms with Gasteiger partial charge in [-0.2, -0.15) is 0 Å². The van der Waals surface area contributed by atoms with E-state index in [1.807, 2.05) is 32.0 Å². The number of hydrogen-bond donors (Lipinski definition) is 0. The van der Waals surface area contributed by atoms with Crippen LogP contribution in [0, 0.1) is 6.92 Å². The molecule has 0 amide bonds. The van der Waals surface area contributed by atoms with Gasteiger partial charge in [-0.05, 0) is 36.9 Å². The fourth-order valence-electron chi connectivity index (χ4n) is 1.59. The molecule has 0 saturated carbocycles. The van der Waals surface area contributed by atoms with E-state index < -0.39 is 0 Å². The van der Waals surface area contributed by atoms with Crippen LogP contribution in [0.5, 0.6) is 0 Å². The van der Waals surface area contributed by atoms with Gasteiger partial charge in [-0.1, -0.05) is 22.0 Å². The van der Waals surface area contributed by atoms with Crippen LogP contribution in [0.1, 0.15) is 22.2 Å². The Morgan fingerprint density at radius 1 is 1.50 bits per heavy atom. The molecule has 0 aliphatic heterocycles. The molecule has 0 saturated heterocycles. The Bertz CT molecular complexity index is 545. The predicted octanol–water partition coefficient (Wildman–Crippen LogP) is 4.15. The second-order valence-corrected chi connectivity index (χ2v) is 5.39. The van der Waals surface area contributed by atoms with Crippen LogP contribution in [0.15, 0.2) is 22.7 Å². The van der Waals surface area contributed by atoms with E-state index in [2.05, 4.69) is 15.9 Å². The zero-order valence-corrected chi connectivity index (χ0v) is 11.4. The molecular formula is C12H11BrO2S. The Kier molecular flexibility index (Phi) is 3.30. The summed E-state index contributed by atoms with van der Waals surface area (Å²) in [6, 6.07) is 6.03. The minimum atomic E-state index is -0.225. The van der Waals surface area contributed by atoms with Gasteiger partial charge in [0.25, 0.3) is 0 Å². The highest BCUT2D eigenvalue weighted by Crippen LogP contribution is 2.33. The summed E-state index contributed by atoms with van der Waals surface area (Å²) >= 11 is 4.91. The Labute approximate surface area is 106 Å². The normalized spacial score (nSPS) is 10.7. The molecule has 0 fully saturated rings. The largest absolute Gasteiger partial charge is 0.462 e. The summed E-state index contributed by atoms with van der Waals surface area (Å²) in [5.41, 5.74) is 1.01. The average molecular weight is 299 g/mol. The van der Waals surface area contributed by atoms with E-state index in [1.165, 1.54) is 11.3 Å². The molecule has 0 atom stereocenters. The molecule has 2 rings (SSSR count). The monoisotopic (exact) mass is 298 g/mol. The van der Waals surface area contributed by atoms with Gasteiger partial charge in [0.1, 0.15) is 4.88 Å². The Balaban J connectivity index is 2.55. The summed E-state index contributed by atoms with van der Waals surface area (Å²) in [5, 5.41) is 1.12. The second kappa shape index (κ2) is 4.55. The van der Waals surface area contributed by atoms with Gasteiger partial charge < -0.3 is 4.74 Å². The number of fused-ring (bicyclic) bond motifs is 1. The van der Waals surface area contributed by atoms with Gasteiger partial charge in [-0.15, -0.1) is 11.3 Å². The van der Waals surface area contributed by atoms with Crippen molar-refractivity contribution >= 4 is 43.3 Å². The molecule has 84 valence electrons. The third-order valence-corrected chi connectivity index (χ3v) is 4.09. The van der Waals surface area contributed by atoms with Crippen LogP contribution in [0.4, 0.5) is 0 Å². The first-order chi connectivity index (χ1) is 7.63. The minimum Gasteiger partial charge on any atom is -0.462 e. The number of ether oxygens (including phenoxy) is 1. The number of halogens is 1. The summed E-state index contributed by atoms with van der Waals surface area (Å²) in [5.74, 6) is -0.225. The first kappa shape index (κ1) is 11.6. The molecule has 0 aliphatic rings. The standard InChI is InChI=1S/C12H11BrO2S/c1-3-15-12(14)11-7(2)9-5-4-8(13)6-10(9)16-11/h4-6H,3H2,1-2H3. The van der Waals surface area contributed by atoms with Crippen molar-refractivity contribution in [1.82, 2.24) is 0 Å². The third kappa shape index (κ3) is 1.99. The molecule has 0 bridgehead atoms. The molecule has 1 aromatic carbocycles. The number of carbonyl (C=O) groups excluding carboxylic acids is 1. The fraction of sp³-hybridized carbons (Fsp3) is 0.250. The molecule has 0 N–H and O–H groups in total. The smallest absolute Gasteiger partial charge is 0.348 e. The van der Waals surface area contributed by atoms with Crippen LogP contribution < -0.4 is 0 Å². The lowest BCUT2D eigenvalue weighted by Crippen LogP contribution is -2.03. The van der Waals surface area contributed by atoms with Crippen LogP contribution in [-0.2, 0) is 4.74 Å². The quantitative estimate of drug-likeness (QED) is 0.779. The molecule has 0 radical (unpaired) electrons. The Morgan fingerprint density at radius 2 is 2.25 bits per heavy atom. The van der Waals surface area contributed by atoms with Crippen LogP contribution in [0.3, 0.4) is 0 Å². The van der Waals surface area contributed by atoms with E-state index in [-0.39, 0.29) is 5.97 Å². The molecule has 0 unspecified atom stereocenters. The van der Waals surface area contributed by atoms with Crippen LogP contribution >= 0.6 is 27.3 Å². The van der Waals surface area contributed by atoms with E-state index in [9.17, 15) is 4.79 Å². The van der Waals surface area contributed by atoms with Crippen molar-refractivity contribution in [2.75, 3.05) is 6.61 Å². The lowest BCUT2D eigenvalue weighted by atomic mass is 10.1. The van der Waals surface area contributed by atoms with Gasteiger partial charge in [0.15, 0.2) is 0 Å². The summed E-state index contributed by atoms with van der Waals surface area (Å²) in [6.07, 6.45) is 0. The van der Waals surface area contributed by atoms with Gasteiger partial charge in [-0.3, -0.25) is 0 Å². The summed E-state index contributed by atoms with van der Waals surface area (Å²) < 4.78 is 7.16. The molecule has 2 nitrogen and oxygen atoms in total. The number of hydrogen-bond acceptors (Lipinski definition) is 3. The summed E-state index contributed by atoms with van der Waals surface area (Å²) in [6.45, 7) is 4.19. The van der Waals surface area contributed by atoms with E-state index in [1.54, 1.807) is 0 Å². The van der Waals surface area contributed by atoms with Crippen LogP contribution in [0.2, 0.25) is 0 Å². The zero-order valence-electron chi connectivity index (χ0n) is 9.04. The van der Waals surface area contributed by atoms with Crippen molar-refractivity contribution in [3.63, 3.8) is 0 Å². The van der Waals surface area contributed by atoms with Gasteiger partial charge >= 0.3 is 5.97 Å². The van der Waals surface area contributed by atoms with E-state index in [4.69, 9.17) is 4.74 Å². The maximum atomic E-state index is 11.7. The zero-order chi connectivity index (χ0) is 11.7. The number of esters is 1. The molecule has 2 aromatic rings. The van der Waals surface area contributed by atoms with Gasteiger partial charge in [-0.25, -0.2) is 4.79 Å². The molecular weight excluding hydrogens is 288 g/mol. The Morgan fingerprint density at radius 3 is 2.94 bits per heavy atom. The first-order valence-electron chi connectivity index (χ1n) is 4.99. The number of carbonyl (C=O) groups is 1. The average Bonchev–Trinajstić information content (AvgIpc) is 2.56. The van der Waals surface area contributed by atoms with Crippen molar-refractivity contribution in [2.45, 2.75) is 13.8 Å². The van der Waals surface area contributed by atoms with Crippen molar-refractivity contribution in [3.05, 3.63) is 33.1 Å². The highest BCUT2D eigenvalue weighted by atomic mass is 79.9. The first-order valence-corrected chi connectivity index (χ1v) is 6.60. The summed E-state index contributed by atoms with van der Waals surface area (Å²) in [7, 11) is 0. The number of rotatable bonds is 2. The molecule has 16 heavy (non-hydrogen) atoms. The van der Waals surface area contributed by atoms with Crippen LogP contribution in [0.25, 0.3) is 10.1 Å². The number of aryl methyl sites for hydroxylation is 1. The molecule has 1 aromatic heterocycles. The molecule has 1 heterocycles. The highest BCUT2D eigenvalue weighted by molar-refractivity contribution is 9.10. The van der Waals surface area contributed by atoms with Gasteiger partial charge in [0.2, 0.25) is 0 Å². The van der Waals surface area contributed by atoms with Gasteiger partial charge in [0.05, 0.1) is 6.61 Å². The van der Waals surface area contributed by atoms with Crippen molar-refractivity contribution in [2.24, 2.45) is 0 Å². The van der Waals surface area contributed by atoms with Crippen molar-refractivity contribution < 1.29 is 9.53 Å². The van der Waals surface area contributed by atoms with Crippen LogP contribution in [-0.4, -0.2) is 12.6 Å². The maximum Gasteiger partial charge on any atom is 0.348 e. The topological polar surface area (TPSA) is 26.3 Å². The fourth-order valence-corrected chi connectivity index (χ4v) is 3.25. The maximum absolute atomic E-state index is 11.7. The van der Waals surface area contributed by atoms with E-state index in [0.29, 0.717) is 11.5 Å². The lowest BCUT2D eigenvalue weighted by molar-refractivity contribution is 0.0531. The van der Waals surface area contributed by atoms with Gasteiger partial charge in [0, 0.05) is 9.17 Å². The predicted molar refractivity (Wildman–Crippen MR) is 70.2 cm³/mol. The Hall–Kier alpha value is -0.870. The minimum absolute atomic E-state index is 0.225. The van der Waals surface area contributed by atoms with E-state index in [0.717, 1.165) is 20.1 Å². The summed E-state index contributed by atoms with van der Waals surface area (Å²) in [4.78, 5) is 12.4. The molecule has 0 spiro atoms.